The maximum Gasteiger partial charge on any atom is 0.329 e. The van der Waals surface area contributed by atoms with E-state index in [4.69, 9.17) is 14.2 Å². The molecule has 234 valence electrons. The summed E-state index contributed by atoms with van der Waals surface area (Å²) in [4.78, 5) is 78.1. The van der Waals surface area contributed by atoms with E-state index in [1.807, 2.05) is 6.92 Å². The first-order valence-electron chi connectivity index (χ1n) is 14.1. The van der Waals surface area contributed by atoms with E-state index in [0.29, 0.717) is 6.42 Å². The van der Waals surface area contributed by atoms with Crippen LogP contribution in [0.3, 0.4) is 0 Å². The first kappa shape index (κ1) is 34.8. The Bertz CT molecular complexity index is 934. The van der Waals surface area contributed by atoms with Crippen LogP contribution in [-0.4, -0.2) is 72.1 Å². The number of amides is 3. The van der Waals surface area contributed by atoms with E-state index in [0.717, 1.165) is 12.8 Å². The Balaban J connectivity index is -0.00000533. The minimum Gasteiger partial charge on any atom is -0.451 e. The summed E-state index contributed by atoms with van der Waals surface area (Å²) >= 11 is 0. The van der Waals surface area contributed by atoms with Crippen molar-refractivity contribution >= 4 is 35.6 Å². The largest absolute Gasteiger partial charge is 0.451 e. The van der Waals surface area contributed by atoms with Crippen molar-refractivity contribution in [1.29, 1.82) is 0 Å². The van der Waals surface area contributed by atoms with Gasteiger partial charge in [0.15, 0.2) is 18.3 Å². The molecule has 1 aliphatic rings. The fraction of sp³-hybridized carbons (Fsp3) is 0.786. The Hall–Kier alpha value is -3.18. The van der Waals surface area contributed by atoms with Crippen LogP contribution in [0.5, 0.6) is 0 Å². The predicted octanol–water partition coefficient (Wildman–Crippen LogP) is 2.52. The molecule has 12 heteroatoms. The van der Waals surface area contributed by atoms with Gasteiger partial charge in [-0.25, -0.2) is 14.4 Å². The van der Waals surface area contributed by atoms with Crippen molar-refractivity contribution in [2.75, 3.05) is 0 Å². The van der Waals surface area contributed by atoms with Crippen LogP contribution in [0.1, 0.15) is 92.3 Å². The second-order valence-corrected chi connectivity index (χ2v) is 11.3. The van der Waals surface area contributed by atoms with Crippen molar-refractivity contribution < 1.29 is 47.3 Å². The Kier molecular flexibility index (Phi) is 14.1. The lowest BCUT2D eigenvalue weighted by Crippen LogP contribution is -2.55. The zero-order chi connectivity index (χ0) is 30.7. The zero-order valence-electron chi connectivity index (χ0n) is 25.2. The van der Waals surface area contributed by atoms with Gasteiger partial charge in [-0.3, -0.25) is 14.4 Å². The quantitative estimate of drug-likeness (QED) is 0.234. The molecule has 0 spiro atoms. The van der Waals surface area contributed by atoms with E-state index in [-0.39, 0.29) is 10.7 Å². The molecule has 12 nitrogen and oxygen atoms in total. The summed E-state index contributed by atoms with van der Waals surface area (Å²) in [5.74, 6) is -6.04. The summed E-state index contributed by atoms with van der Waals surface area (Å²) in [7, 11) is 0. The summed E-state index contributed by atoms with van der Waals surface area (Å²) in [6.45, 7) is 14.7. The summed E-state index contributed by atoms with van der Waals surface area (Å²) in [6.07, 6.45) is -1.36. The number of carbonyl (C=O) groups excluding carboxylic acids is 6. The summed E-state index contributed by atoms with van der Waals surface area (Å²) in [5, 5.41) is 7.69. The van der Waals surface area contributed by atoms with Gasteiger partial charge >= 0.3 is 17.9 Å². The van der Waals surface area contributed by atoms with Gasteiger partial charge < -0.3 is 30.2 Å². The Labute approximate surface area is 241 Å². The van der Waals surface area contributed by atoms with E-state index in [1.54, 1.807) is 41.5 Å². The third kappa shape index (κ3) is 10.4. The third-order valence-electron chi connectivity index (χ3n) is 6.57. The molecule has 0 bridgehead atoms. The van der Waals surface area contributed by atoms with Crippen molar-refractivity contribution in [3.63, 3.8) is 0 Å². The number of hydrogen-bond acceptors (Lipinski definition) is 9. The predicted molar refractivity (Wildman–Crippen MR) is 152 cm³/mol. The highest BCUT2D eigenvalue weighted by Crippen LogP contribution is 2.15. The minimum absolute atomic E-state index is 0. The molecule has 0 aromatic heterocycles. The fourth-order valence-corrected chi connectivity index (χ4v) is 3.94. The highest BCUT2D eigenvalue weighted by molar-refractivity contribution is 5.93. The molecule has 6 atom stereocenters. The molecule has 40 heavy (non-hydrogen) atoms. The summed E-state index contributed by atoms with van der Waals surface area (Å²) in [5.41, 5.74) is 0. The van der Waals surface area contributed by atoms with Crippen molar-refractivity contribution in [3.8, 4) is 0 Å². The maximum absolute atomic E-state index is 13.2. The molecular formula is C28H53N3O9. The van der Waals surface area contributed by atoms with Gasteiger partial charge in [0.1, 0.15) is 18.1 Å². The molecule has 1 fully saturated rings. The molecule has 3 amide bonds. The maximum atomic E-state index is 13.2. The van der Waals surface area contributed by atoms with Gasteiger partial charge in [-0.1, -0.05) is 67.7 Å². The molecule has 0 aromatic carbocycles. The van der Waals surface area contributed by atoms with Crippen LogP contribution in [-0.2, 0) is 43.0 Å². The number of cyclic esters (lactones) is 3. The lowest BCUT2D eigenvalue weighted by molar-refractivity contribution is -0.166. The molecule has 1 rings (SSSR count). The second-order valence-electron chi connectivity index (χ2n) is 11.3. The number of esters is 3. The van der Waals surface area contributed by atoms with E-state index >= 15 is 0 Å². The van der Waals surface area contributed by atoms with E-state index < -0.39 is 89.8 Å². The standard InChI is InChI=1S/C28H47N3O9.3H2/c1-10-11-12-13-19-26(35)40-22(16(6)7)25(34)31-21(15(4)5)28(37)39-18(9)24(33)30-20(14(2)3)27(36)38-17(8)23(32)29-19;;;/h14-22H,10-13H2,1-9H3,(H,29,32)(H,30,33)(H,31,34);3*1H/i;3*1+1. The van der Waals surface area contributed by atoms with E-state index in [2.05, 4.69) is 16.0 Å². The van der Waals surface area contributed by atoms with Crippen LogP contribution in [0.25, 0.3) is 0 Å². The van der Waals surface area contributed by atoms with Crippen LogP contribution in [0.15, 0.2) is 0 Å². The van der Waals surface area contributed by atoms with Gasteiger partial charge in [-0.05, 0) is 38.0 Å². The topological polar surface area (TPSA) is 166 Å². The highest BCUT2D eigenvalue weighted by Gasteiger charge is 2.37. The molecular weight excluding hydrogens is 522 g/mol. The van der Waals surface area contributed by atoms with Crippen molar-refractivity contribution in [2.45, 2.75) is 124 Å². The smallest absolute Gasteiger partial charge is 0.329 e. The van der Waals surface area contributed by atoms with Crippen LogP contribution >= 0.6 is 0 Å². The third-order valence-corrected chi connectivity index (χ3v) is 6.57. The van der Waals surface area contributed by atoms with E-state index in [1.165, 1.54) is 13.8 Å². The molecule has 0 aromatic rings. The highest BCUT2D eigenvalue weighted by atomic mass is 16.6. The van der Waals surface area contributed by atoms with Gasteiger partial charge in [-0.15, -0.1) is 0 Å². The molecule has 6 unspecified atom stereocenters. The molecule has 0 aliphatic carbocycles. The van der Waals surface area contributed by atoms with Gasteiger partial charge in [0.25, 0.3) is 17.7 Å². The summed E-state index contributed by atoms with van der Waals surface area (Å²) in [6, 6.07) is -3.38. The zero-order valence-corrected chi connectivity index (χ0v) is 25.2. The fourth-order valence-electron chi connectivity index (χ4n) is 3.94. The monoisotopic (exact) mass is 578 g/mol. The molecule has 1 heterocycles. The van der Waals surface area contributed by atoms with Crippen LogP contribution < -0.4 is 16.0 Å². The van der Waals surface area contributed by atoms with Crippen molar-refractivity contribution in [3.05, 3.63) is 0 Å². The lowest BCUT2D eigenvalue weighted by atomic mass is 10.0. The first-order valence-corrected chi connectivity index (χ1v) is 14.1. The SMILES string of the molecule is CCCCCC1NC(=O)C(C)OC(=O)C(C(C)C)NC(=O)C(C)OC(=O)C(C(C)C)NC(=O)C(C(C)C)OC1=O.[2HH].[2HH].[2HH]. The average Bonchev–Trinajstić information content (AvgIpc) is 2.86. The molecule has 0 saturated carbocycles. The normalized spacial score (nSPS) is 28.2. The number of nitrogens with one attached hydrogen (secondary N) is 3. The van der Waals surface area contributed by atoms with Gasteiger partial charge in [0.2, 0.25) is 0 Å². The van der Waals surface area contributed by atoms with Crippen molar-refractivity contribution in [2.24, 2.45) is 17.8 Å². The molecule has 1 aliphatic heterocycles. The molecule has 1 saturated heterocycles. The van der Waals surface area contributed by atoms with Crippen LogP contribution in [0.2, 0.25) is 0 Å². The number of carbonyl (C=O) groups is 6. The minimum atomic E-state index is -1.30. The second kappa shape index (κ2) is 16.2. The number of ether oxygens (including phenoxy) is 3. The number of hydrogen-bond donors (Lipinski definition) is 3. The van der Waals surface area contributed by atoms with E-state index in [9.17, 15) is 28.8 Å². The molecule has 3 N–H and O–H groups in total. The summed E-state index contributed by atoms with van der Waals surface area (Å²) < 4.78 is 16.2. The van der Waals surface area contributed by atoms with Gasteiger partial charge in [0.05, 0.1) is 0 Å². The van der Waals surface area contributed by atoms with Crippen molar-refractivity contribution in [1.82, 2.24) is 16.0 Å². The van der Waals surface area contributed by atoms with Crippen LogP contribution in [0, 0.1) is 17.8 Å². The molecule has 0 radical (unpaired) electrons. The van der Waals surface area contributed by atoms with Crippen LogP contribution in [0.4, 0.5) is 0 Å². The Morgan fingerprint density at radius 3 is 1.50 bits per heavy atom. The Morgan fingerprint density at radius 1 is 0.625 bits per heavy atom. The average molecular weight is 579 g/mol. The number of unbranched alkanes of at least 4 members (excludes halogenated alkanes) is 2. The Morgan fingerprint density at radius 2 is 1.07 bits per heavy atom. The van der Waals surface area contributed by atoms with Gasteiger partial charge in [0, 0.05) is 4.28 Å². The number of rotatable bonds is 7. The lowest BCUT2D eigenvalue weighted by Gasteiger charge is -2.29. The van der Waals surface area contributed by atoms with Gasteiger partial charge in [-0.2, -0.15) is 0 Å². The first-order chi connectivity index (χ1) is 18.6.